The molecule has 2 fully saturated rings. The lowest BCUT2D eigenvalue weighted by Gasteiger charge is -2.32. The molecule has 2 N–H and O–H groups in total. The molecule has 1 saturated carbocycles. The van der Waals surface area contributed by atoms with Crippen molar-refractivity contribution in [3.8, 4) is 0 Å². The lowest BCUT2D eigenvalue weighted by atomic mass is 9.99. The molecule has 1 heterocycles. The van der Waals surface area contributed by atoms with Crippen LogP contribution in [-0.2, 0) is 15.0 Å². The molecule has 0 amide bonds. The van der Waals surface area contributed by atoms with E-state index in [-0.39, 0.29) is 4.75 Å². The van der Waals surface area contributed by atoms with E-state index in [9.17, 15) is 13.2 Å². The normalized spacial score (nSPS) is 24.2. The Hall–Kier alpha value is -0.310. The molecule has 8 heteroatoms. The molecule has 1 saturated heterocycles. The third-order valence-electron chi connectivity index (χ3n) is 4.67. The van der Waals surface area contributed by atoms with Crippen LogP contribution in [0.2, 0.25) is 0 Å². The van der Waals surface area contributed by atoms with E-state index in [1.165, 1.54) is 4.31 Å². The second kappa shape index (κ2) is 6.85. The van der Waals surface area contributed by atoms with Gasteiger partial charge in [0.25, 0.3) is 10.2 Å². The number of aliphatic carboxylic acids is 1. The van der Waals surface area contributed by atoms with Crippen LogP contribution in [0.25, 0.3) is 0 Å². The second-order valence-corrected chi connectivity index (χ2v) is 8.96. The first kappa shape index (κ1) is 17.1. The Labute approximate surface area is 130 Å². The molecule has 2 aliphatic rings. The summed E-state index contributed by atoms with van der Waals surface area (Å²) in [7, 11) is -3.49. The molecule has 1 aliphatic heterocycles. The number of nitrogens with zero attached hydrogens (tertiary/aromatic N) is 1. The topological polar surface area (TPSA) is 86.7 Å². The first-order valence-corrected chi connectivity index (χ1v) is 10.1. The van der Waals surface area contributed by atoms with E-state index in [1.807, 2.05) is 6.26 Å². The highest BCUT2D eigenvalue weighted by Crippen LogP contribution is 2.39. The van der Waals surface area contributed by atoms with Gasteiger partial charge in [0, 0.05) is 24.4 Å². The maximum atomic E-state index is 12.3. The summed E-state index contributed by atoms with van der Waals surface area (Å²) < 4.78 is 28.8. The van der Waals surface area contributed by atoms with Crippen LogP contribution in [-0.4, -0.2) is 54.4 Å². The van der Waals surface area contributed by atoms with Crippen LogP contribution in [0.4, 0.5) is 0 Å². The Kier molecular flexibility index (Phi) is 5.56. The summed E-state index contributed by atoms with van der Waals surface area (Å²) in [5, 5.41) is 8.95. The van der Waals surface area contributed by atoms with Crippen molar-refractivity contribution in [3.63, 3.8) is 0 Å². The van der Waals surface area contributed by atoms with Crippen molar-refractivity contribution in [2.24, 2.45) is 5.92 Å². The largest absolute Gasteiger partial charge is 0.481 e. The van der Waals surface area contributed by atoms with Crippen LogP contribution < -0.4 is 4.72 Å². The van der Waals surface area contributed by atoms with Crippen LogP contribution in [0.1, 0.15) is 38.5 Å². The highest BCUT2D eigenvalue weighted by atomic mass is 32.2. The first-order chi connectivity index (χ1) is 9.88. The van der Waals surface area contributed by atoms with Gasteiger partial charge in [0.05, 0.1) is 5.92 Å². The van der Waals surface area contributed by atoms with Gasteiger partial charge < -0.3 is 5.11 Å². The van der Waals surface area contributed by atoms with Gasteiger partial charge in [0.15, 0.2) is 0 Å². The fourth-order valence-corrected chi connectivity index (χ4v) is 5.47. The number of rotatable bonds is 6. The number of nitrogens with one attached hydrogen (secondary N) is 1. The summed E-state index contributed by atoms with van der Waals surface area (Å²) in [5.74, 6) is -1.24. The monoisotopic (exact) mass is 336 g/mol. The maximum absolute atomic E-state index is 12.3. The lowest BCUT2D eigenvalue weighted by Crippen LogP contribution is -2.49. The molecule has 0 aromatic rings. The summed E-state index contributed by atoms with van der Waals surface area (Å²) in [4.78, 5) is 10.9. The van der Waals surface area contributed by atoms with Gasteiger partial charge in [-0.25, -0.2) is 4.72 Å². The number of carboxylic acids is 1. The number of hydrogen-bond acceptors (Lipinski definition) is 4. The quantitative estimate of drug-likeness (QED) is 0.763. The molecule has 0 unspecified atom stereocenters. The van der Waals surface area contributed by atoms with Crippen LogP contribution >= 0.6 is 11.8 Å². The van der Waals surface area contributed by atoms with Crippen LogP contribution in [0, 0.1) is 5.92 Å². The number of thioether (sulfide) groups is 1. The Balaban J connectivity index is 1.89. The standard InChI is InChI=1S/C13H24N2O4S2/c1-20-13(6-2-3-7-13)10-14-21(18,19)15-8-4-11(5-9-15)12(16)17/h11,14H,2-10H2,1H3,(H,16,17). The zero-order chi connectivity index (χ0) is 15.5. The number of carbonyl (C=O) groups is 1. The predicted molar refractivity (Wildman–Crippen MR) is 83.6 cm³/mol. The van der Waals surface area contributed by atoms with E-state index < -0.39 is 22.1 Å². The molecule has 0 atom stereocenters. The van der Waals surface area contributed by atoms with E-state index in [4.69, 9.17) is 5.11 Å². The van der Waals surface area contributed by atoms with Crippen molar-refractivity contribution >= 4 is 27.9 Å². The van der Waals surface area contributed by atoms with Crippen molar-refractivity contribution in [1.29, 1.82) is 0 Å². The van der Waals surface area contributed by atoms with Gasteiger partial charge in [0.2, 0.25) is 0 Å². The van der Waals surface area contributed by atoms with Crippen molar-refractivity contribution in [2.45, 2.75) is 43.3 Å². The average molecular weight is 336 g/mol. The molecule has 6 nitrogen and oxygen atoms in total. The minimum absolute atomic E-state index is 0.0342. The molecule has 0 spiro atoms. The van der Waals surface area contributed by atoms with Gasteiger partial charge in [-0.05, 0) is 31.9 Å². The van der Waals surface area contributed by atoms with E-state index in [0.29, 0.717) is 32.5 Å². The third-order valence-corrected chi connectivity index (χ3v) is 7.64. The summed E-state index contributed by atoms with van der Waals surface area (Å²) in [6.07, 6.45) is 7.25. The zero-order valence-corrected chi connectivity index (χ0v) is 14.0. The van der Waals surface area contributed by atoms with Crippen molar-refractivity contribution in [1.82, 2.24) is 9.03 Å². The molecule has 0 aromatic heterocycles. The predicted octanol–water partition coefficient (Wildman–Crippen LogP) is 1.29. The number of carboxylic acid groups (broad SMARTS) is 1. The van der Waals surface area contributed by atoms with Crippen molar-refractivity contribution in [2.75, 3.05) is 25.9 Å². The highest BCUT2D eigenvalue weighted by molar-refractivity contribution is 8.00. The minimum Gasteiger partial charge on any atom is -0.481 e. The van der Waals surface area contributed by atoms with Crippen LogP contribution in [0.5, 0.6) is 0 Å². The third kappa shape index (κ3) is 4.12. The number of piperidine rings is 1. The Morgan fingerprint density at radius 2 is 1.90 bits per heavy atom. The fourth-order valence-electron chi connectivity index (χ4n) is 3.13. The fraction of sp³-hybridized carbons (Fsp3) is 0.923. The van der Waals surface area contributed by atoms with Gasteiger partial charge in [-0.3, -0.25) is 4.79 Å². The summed E-state index contributed by atoms with van der Waals surface area (Å²) in [6, 6.07) is 0. The van der Waals surface area contributed by atoms with Crippen molar-refractivity contribution < 1.29 is 18.3 Å². The molecule has 2 rings (SSSR count). The van der Waals surface area contributed by atoms with E-state index >= 15 is 0 Å². The SMILES string of the molecule is CSC1(CNS(=O)(=O)N2CCC(C(=O)O)CC2)CCCC1. The van der Waals surface area contributed by atoms with Crippen LogP contribution in [0.15, 0.2) is 0 Å². The Bertz CT molecular complexity index is 467. The van der Waals surface area contributed by atoms with Gasteiger partial charge >= 0.3 is 5.97 Å². The zero-order valence-electron chi connectivity index (χ0n) is 12.4. The van der Waals surface area contributed by atoms with Gasteiger partial charge in [-0.1, -0.05) is 12.8 Å². The highest BCUT2D eigenvalue weighted by Gasteiger charge is 2.36. The Morgan fingerprint density at radius 1 is 1.33 bits per heavy atom. The summed E-state index contributed by atoms with van der Waals surface area (Å²) in [5.41, 5.74) is 0. The van der Waals surface area contributed by atoms with Gasteiger partial charge in [-0.2, -0.15) is 24.5 Å². The number of hydrogen-bond donors (Lipinski definition) is 2. The maximum Gasteiger partial charge on any atom is 0.306 e. The molecule has 21 heavy (non-hydrogen) atoms. The molecule has 0 bridgehead atoms. The van der Waals surface area contributed by atoms with Gasteiger partial charge in [0.1, 0.15) is 0 Å². The molecule has 0 aromatic carbocycles. The minimum atomic E-state index is -3.49. The van der Waals surface area contributed by atoms with Crippen molar-refractivity contribution in [3.05, 3.63) is 0 Å². The van der Waals surface area contributed by atoms with E-state index in [1.54, 1.807) is 11.8 Å². The summed E-state index contributed by atoms with van der Waals surface area (Å²) >= 11 is 1.75. The average Bonchev–Trinajstić information content (AvgIpc) is 2.95. The second-order valence-electron chi connectivity index (χ2n) is 5.93. The van der Waals surface area contributed by atoms with E-state index in [2.05, 4.69) is 4.72 Å². The Morgan fingerprint density at radius 3 is 2.38 bits per heavy atom. The van der Waals surface area contributed by atoms with E-state index in [0.717, 1.165) is 25.7 Å². The lowest BCUT2D eigenvalue weighted by molar-refractivity contribution is -0.142. The van der Waals surface area contributed by atoms with Gasteiger partial charge in [-0.15, -0.1) is 0 Å². The smallest absolute Gasteiger partial charge is 0.306 e. The molecule has 122 valence electrons. The molecule has 0 radical (unpaired) electrons. The molecular weight excluding hydrogens is 312 g/mol. The first-order valence-electron chi connectivity index (χ1n) is 7.41. The molecule has 1 aliphatic carbocycles. The molecular formula is C13H24N2O4S2. The summed E-state index contributed by atoms with van der Waals surface area (Å²) in [6.45, 7) is 1.05. The van der Waals surface area contributed by atoms with Crippen LogP contribution in [0.3, 0.4) is 0 Å².